The van der Waals surface area contributed by atoms with E-state index >= 15 is 0 Å². The molecule has 0 aromatic carbocycles. The highest BCUT2D eigenvalue weighted by molar-refractivity contribution is 6.52. The molecule has 2 rings (SSSR count). The van der Waals surface area contributed by atoms with Gasteiger partial charge in [-0.3, -0.25) is 0 Å². The summed E-state index contributed by atoms with van der Waals surface area (Å²) in [6, 6.07) is 0. The fourth-order valence-electron chi connectivity index (χ4n) is 2.34. The minimum atomic E-state index is -0.844. The van der Waals surface area contributed by atoms with Crippen LogP contribution in [0.3, 0.4) is 0 Å². The van der Waals surface area contributed by atoms with Crippen LogP contribution in [0.25, 0.3) is 0 Å². The van der Waals surface area contributed by atoms with Gasteiger partial charge in [0.25, 0.3) is 0 Å². The summed E-state index contributed by atoms with van der Waals surface area (Å²) in [5.41, 5.74) is 0.497. The first-order chi connectivity index (χ1) is 9.15. The Bertz CT molecular complexity index is 378. The highest BCUT2D eigenvalue weighted by atomic mass is 16.7. The normalized spacial score (nSPS) is 23.0. The Morgan fingerprint density at radius 1 is 1.20 bits per heavy atom. The number of ether oxygens (including phenoxy) is 2. The van der Waals surface area contributed by atoms with Crippen LogP contribution in [0.1, 0.15) is 53.9 Å². The molecule has 1 aliphatic heterocycles. The van der Waals surface area contributed by atoms with Gasteiger partial charge in [0.15, 0.2) is 5.79 Å². The first-order valence-corrected chi connectivity index (χ1v) is 7.48. The predicted molar refractivity (Wildman–Crippen MR) is 79.2 cm³/mol. The largest absolute Gasteiger partial charge is 0.486 e. The van der Waals surface area contributed by atoms with E-state index in [1.165, 1.54) is 0 Å². The summed E-state index contributed by atoms with van der Waals surface area (Å²) in [6.45, 7) is 11.7. The summed E-state index contributed by atoms with van der Waals surface area (Å²) in [5.74, 6) is -0.442. The third-order valence-corrected chi connectivity index (χ3v) is 4.81. The molecule has 0 bridgehead atoms. The molecule has 4 nitrogen and oxygen atoms in total. The van der Waals surface area contributed by atoms with Gasteiger partial charge in [0.05, 0.1) is 18.8 Å². The molecule has 1 saturated heterocycles. The summed E-state index contributed by atoms with van der Waals surface area (Å²) in [4.78, 5) is 0. The van der Waals surface area contributed by atoms with Crippen LogP contribution in [0.5, 0.6) is 0 Å². The molecule has 2 aliphatic rings. The fourth-order valence-corrected chi connectivity index (χ4v) is 2.34. The second-order valence-corrected chi connectivity index (χ2v) is 7.32. The first kappa shape index (κ1) is 16.0. The zero-order valence-corrected chi connectivity index (χ0v) is 13.4. The van der Waals surface area contributed by atoms with Crippen molar-refractivity contribution in [2.75, 3.05) is 13.2 Å². The monoisotopic (exact) mass is 282 g/mol. The maximum Gasteiger partial charge on any atom is 0.486 e. The summed E-state index contributed by atoms with van der Waals surface area (Å²) < 4.78 is 17.2. The van der Waals surface area contributed by atoms with Gasteiger partial charge in [0.1, 0.15) is 0 Å². The van der Waals surface area contributed by atoms with E-state index in [1.807, 2.05) is 19.9 Å². The van der Waals surface area contributed by atoms with E-state index in [1.54, 1.807) is 0 Å². The van der Waals surface area contributed by atoms with E-state index in [2.05, 4.69) is 20.8 Å². The van der Waals surface area contributed by atoms with Gasteiger partial charge >= 0.3 is 7.12 Å². The molecule has 1 aliphatic carbocycles. The Kier molecular flexibility index (Phi) is 4.36. The van der Waals surface area contributed by atoms with Crippen molar-refractivity contribution in [3.8, 4) is 0 Å². The molecule has 1 spiro atoms. The predicted octanol–water partition coefficient (Wildman–Crippen LogP) is 2.70. The lowest BCUT2D eigenvalue weighted by atomic mass is 9.69. The fraction of sp³-hybridized carbons (Fsp3) is 0.867. The quantitative estimate of drug-likeness (QED) is 0.808. The van der Waals surface area contributed by atoms with E-state index in [0.717, 1.165) is 18.3 Å². The second-order valence-electron chi connectivity index (χ2n) is 7.32. The summed E-state index contributed by atoms with van der Waals surface area (Å²) in [7, 11) is -0.844. The summed E-state index contributed by atoms with van der Waals surface area (Å²) in [5, 5.41) is 10.3. The molecule has 0 aromatic heterocycles. The van der Waals surface area contributed by atoms with Crippen LogP contribution in [0.4, 0.5) is 0 Å². The van der Waals surface area contributed by atoms with E-state index in [-0.39, 0.29) is 5.41 Å². The average molecular weight is 282 g/mol. The zero-order chi connectivity index (χ0) is 15.0. The topological polar surface area (TPSA) is 47.9 Å². The van der Waals surface area contributed by atoms with Crippen LogP contribution in [0.2, 0.25) is 0 Å². The van der Waals surface area contributed by atoms with Crippen LogP contribution in [0.15, 0.2) is 11.5 Å². The third-order valence-electron chi connectivity index (χ3n) is 4.81. The molecule has 0 amide bonds. The molecule has 0 unspecified atom stereocenters. The number of hydrogen-bond acceptors (Lipinski definition) is 4. The van der Waals surface area contributed by atoms with Crippen molar-refractivity contribution in [3.05, 3.63) is 11.5 Å². The van der Waals surface area contributed by atoms with Gasteiger partial charge < -0.3 is 19.2 Å². The van der Waals surface area contributed by atoms with Gasteiger partial charge in [-0.25, -0.2) is 0 Å². The van der Waals surface area contributed by atoms with Gasteiger partial charge in [-0.2, -0.15) is 0 Å². The average Bonchev–Trinajstić information content (AvgIpc) is 2.76. The molecule has 0 saturated carbocycles. The van der Waals surface area contributed by atoms with Crippen molar-refractivity contribution in [1.29, 1.82) is 0 Å². The molecule has 0 atom stereocenters. The van der Waals surface area contributed by atoms with E-state index in [4.69, 9.17) is 14.1 Å². The lowest BCUT2D eigenvalue weighted by Crippen LogP contribution is -2.45. The Morgan fingerprint density at radius 2 is 1.80 bits per heavy atom. The van der Waals surface area contributed by atoms with Crippen molar-refractivity contribution in [2.45, 2.75) is 65.3 Å². The Balaban J connectivity index is 1.97. The lowest BCUT2D eigenvalue weighted by Gasteiger charge is -2.41. The number of allylic oxidation sites excluding steroid dienone is 1. The van der Waals surface area contributed by atoms with Crippen molar-refractivity contribution in [2.24, 2.45) is 5.41 Å². The van der Waals surface area contributed by atoms with E-state index in [9.17, 15) is 5.02 Å². The molecule has 20 heavy (non-hydrogen) atoms. The van der Waals surface area contributed by atoms with Crippen molar-refractivity contribution >= 4 is 7.12 Å². The molecule has 1 fully saturated rings. The van der Waals surface area contributed by atoms with Crippen LogP contribution < -0.4 is 0 Å². The Hall–Kier alpha value is -0.355. The molecule has 0 aromatic rings. The molecule has 5 heteroatoms. The van der Waals surface area contributed by atoms with Crippen LogP contribution in [-0.2, 0) is 14.1 Å². The Morgan fingerprint density at radius 3 is 2.25 bits per heavy atom. The van der Waals surface area contributed by atoms with Crippen LogP contribution in [0, 0.1) is 5.41 Å². The van der Waals surface area contributed by atoms with Crippen molar-refractivity contribution < 1.29 is 19.2 Å². The second kappa shape index (κ2) is 5.45. The van der Waals surface area contributed by atoms with E-state index in [0.29, 0.717) is 19.6 Å². The number of rotatable bonds is 3. The van der Waals surface area contributed by atoms with Gasteiger partial charge in [-0.05, 0) is 31.2 Å². The van der Waals surface area contributed by atoms with Crippen molar-refractivity contribution in [1.82, 2.24) is 0 Å². The highest BCUT2D eigenvalue weighted by Gasteiger charge is 2.42. The molecular weight excluding hydrogens is 255 g/mol. The van der Waals surface area contributed by atoms with Gasteiger partial charge in [0, 0.05) is 12.8 Å². The zero-order valence-electron chi connectivity index (χ0n) is 13.4. The molecule has 1 heterocycles. The molecule has 114 valence electrons. The lowest BCUT2D eigenvalue weighted by molar-refractivity contribution is -0.161. The standard InChI is InChI=1S/C15H27BO4/c1-13(2,3)14(4,5)20-16(17)12-6-8-15(9-7-12)18-10-11-19-15/h6,17H,7-11H2,1-5H3. The third kappa shape index (κ3) is 3.27. The molecule has 1 N–H and O–H groups in total. The minimum Gasteiger partial charge on any atom is -0.423 e. The summed E-state index contributed by atoms with van der Waals surface area (Å²) >= 11 is 0. The molecule has 0 radical (unpaired) electrons. The Labute approximate surface area is 122 Å². The van der Waals surface area contributed by atoms with Crippen molar-refractivity contribution in [3.63, 3.8) is 0 Å². The van der Waals surface area contributed by atoms with Crippen LogP contribution >= 0.6 is 0 Å². The van der Waals surface area contributed by atoms with Gasteiger partial charge in [-0.15, -0.1) is 0 Å². The maximum absolute atomic E-state index is 10.3. The SMILES string of the molecule is CC(C)(C)C(C)(C)OB(O)C1=CCC2(CC1)OCCO2. The highest BCUT2D eigenvalue weighted by Crippen LogP contribution is 2.38. The number of hydrogen-bond donors (Lipinski definition) is 1. The molecular formula is C15H27BO4. The van der Waals surface area contributed by atoms with Gasteiger partial charge in [0.2, 0.25) is 0 Å². The smallest absolute Gasteiger partial charge is 0.423 e. The van der Waals surface area contributed by atoms with Crippen LogP contribution in [-0.4, -0.2) is 36.7 Å². The minimum absolute atomic E-state index is 0.0396. The maximum atomic E-state index is 10.3. The first-order valence-electron chi connectivity index (χ1n) is 7.48. The summed E-state index contributed by atoms with van der Waals surface area (Å²) in [6.07, 6.45) is 4.24. The van der Waals surface area contributed by atoms with E-state index < -0.39 is 18.5 Å². The van der Waals surface area contributed by atoms with Gasteiger partial charge in [-0.1, -0.05) is 26.8 Å².